The molecule has 3 nitrogen and oxygen atoms in total. The van der Waals surface area contributed by atoms with Gasteiger partial charge in [0.15, 0.2) is 0 Å². The quantitative estimate of drug-likeness (QED) is 0.584. The van der Waals surface area contributed by atoms with Crippen molar-refractivity contribution in [1.82, 2.24) is 4.57 Å². The molecule has 0 N–H and O–H groups in total. The summed E-state index contributed by atoms with van der Waals surface area (Å²) in [6.45, 7) is 0.571. The highest BCUT2D eigenvalue weighted by Gasteiger charge is 2.31. The van der Waals surface area contributed by atoms with Crippen LogP contribution in [0.5, 0.6) is 0 Å². The lowest BCUT2D eigenvalue weighted by Crippen LogP contribution is -2.30. The van der Waals surface area contributed by atoms with Gasteiger partial charge in [-0.15, -0.1) is 0 Å². The van der Waals surface area contributed by atoms with Crippen LogP contribution in [0.4, 0.5) is 8.78 Å². The van der Waals surface area contributed by atoms with Crippen molar-refractivity contribution in [1.29, 1.82) is 0 Å². The Kier molecular flexibility index (Phi) is 5.35. The fourth-order valence-electron chi connectivity index (χ4n) is 3.36. The molecule has 1 saturated carbocycles. The number of hydrogen-bond donors (Lipinski definition) is 0. The molecule has 0 radical (unpaired) electrons. The third-order valence-corrected chi connectivity index (χ3v) is 5.06. The van der Waals surface area contributed by atoms with Gasteiger partial charge in [-0.3, -0.25) is 4.79 Å². The molecule has 2 unspecified atom stereocenters. The molecule has 1 heterocycles. The number of nitrogens with zero attached hydrogens (tertiary/aromatic N) is 1. The van der Waals surface area contributed by atoms with Crippen LogP contribution < -0.4 is 5.56 Å². The van der Waals surface area contributed by atoms with Gasteiger partial charge in [-0.25, -0.2) is 8.78 Å². The van der Waals surface area contributed by atoms with Gasteiger partial charge >= 0.3 is 0 Å². The average Bonchev–Trinajstić information content (AvgIpc) is 3.52. The Balaban J connectivity index is 1.81. The van der Waals surface area contributed by atoms with Gasteiger partial charge in [-0.1, -0.05) is 30.3 Å². The normalized spacial score (nSPS) is 15.9. The molecule has 0 amide bonds. The first-order valence-corrected chi connectivity index (χ1v) is 9.41. The van der Waals surface area contributed by atoms with Crippen LogP contribution in [0.2, 0.25) is 0 Å². The second-order valence-corrected chi connectivity index (χ2v) is 7.19. The summed E-state index contributed by atoms with van der Waals surface area (Å²) in [5.41, 5.74) is 1.34. The number of aromatic nitrogens is 1. The van der Waals surface area contributed by atoms with Crippen molar-refractivity contribution in [2.75, 3.05) is 6.61 Å². The first kappa shape index (κ1) is 18.6. The minimum atomic E-state index is -0.508. The lowest BCUT2D eigenvalue weighted by atomic mass is 9.95. The van der Waals surface area contributed by atoms with E-state index < -0.39 is 12.1 Å². The summed E-state index contributed by atoms with van der Waals surface area (Å²) in [5, 5.41) is 0. The van der Waals surface area contributed by atoms with E-state index in [1.54, 1.807) is 47.2 Å². The Bertz CT molecular complexity index is 978. The van der Waals surface area contributed by atoms with Gasteiger partial charge < -0.3 is 9.30 Å². The van der Waals surface area contributed by atoms with Crippen molar-refractivity contribution in [3.8, 4) is 0 Å². The first-order valence-electron chi connectivity index (χ1n) is 9.41. The molecule has 0 saturated heterocycles. The fraction of sp³-hybridized carbons (Fsp3) is 0.261. The maximum absolute atomic E-state index is 13.5. The van der Waals surface area contributed by atoms with E-state index in [2.05, 4.69) is 0 Å². The zero-order valence-electron chi connectivity index (χ0n) is 15.3. The summed E-state index contributed by atoms with van der Waals surface area (Å²) in [5.74, 6) is -0.163. The summed E-state index contributed by atoms with van der Waals surface area (Å²) in [6, 6.07) is 16.6. The van der Waals surface area contributed by atoms with Crippen molar-refractivity contribution in [2.45, 2.75) is 25.0 Å². The highest BCUT2D eigenvalue weighted by atomic mass is 19.1. The van der Waals surface area contributed by atoms with Gasteiger partial charge in [0.25, 0.3) is 5.56 Å². The predicted octanol–water partition coefficient (Wildman–Crippen LogP) is 4.88. The second kappa shape index (κ2) is 8.07. The second-order valence-electron chi connectivity index (χ2n) is 7.19. The van der Waals surface area contributed by atoms with Gasteiger partial charge in [0.2, 0.25) is 0 Å². The van der Waals surface area contributed by atoms with Crippen LogP contribution in [0.3, 0.4) is 0 Å². The number of rotatable bonds is 7. The third kappa shape index (κ3) is 4.20. The molecule has 144 valence electrons. The standard InChI is InChI=1S/C23H21F2NO2/c24-19-10-6-17(7-11-19)22(26-14-2-1-3-21(26)27)23(28-15-16-4-5-16)18-8-12-20(25)13-9-18/h1-3,6-14,16,22-23H,4-5,15H2. The monoisotopic (exact) mass is 381 g/mol. The smallest absolute Gasteiger partial charge is 0.251 e. The fourth-order valence-corrected chi connectivity index (χ4v) is 3.36. The SMILES string of the molecule is O=c1ccccn1C(c1ccc(F)cc1)C(OCC1CC1)c1ccc(F)cc1. The van der Waals surface area contributed by atoms with Crippen LogP contribution in [0.25, 0.3) is 0 Å². The van der Waals surface area contributed by atoms with E-state index in [9.17, 15) is 13.6 Å². The van der Waals surface area contributed by atoms with Crippen molar-refractivity contribution in [3.05, 3.63) is 106 Å². The maximum Gasteiger partial charge on any atom is 0.251 e. The van der Waals surface area contributed by atoms with Crippen molar-refractivity contribution in [2.24, 2.45) is 5.92 Å². The summed E-state index contributed by atoms with van der Waals surface area (Å²) in [6.07, 6.45) is 3.45. The molecule has 1 aliphatic carbocycles. The van der Waals surface area contributed by atoms with Crippen LogP contribution in [0, 0.1) is 17.6 Å². The Morgan fingerprint density at radius 1 is 0.893 bits per heavy atom. The van der Waals surface area contributed by atoms with Crippen molar-refractivity contribution < 1.29 is 13.5 Å². The number of benzene rings is 2. The van der Waals surface area contributed by atoms with E-state index >= 15 is 0 Å². The molecule has 1 aliphatic rings. The highest BCUT2D eigenvalue weighted by molar-refractivity contribution is 5.28. The molecule has 0 bridgehead atoms. The number of halogens is 2. The molecule has 28 heavy (non-hydrogen) atoms. The Morgan fingerprint density at radius 3 is 2.07 bits per heavy atom. The maximum atomic E-state index is 13.5. The molecule has 2 atom stereocenters. The van der Waals surface area contributed by atoms with Crippen molar-refractivity contribution in [3.63, 3.8) is 0 Å². The third-order valence-electron chi connectivity index (χ3n) is 5.06. The van der Waals surface area contributed by atoms with Gasteiger partial charge in [0.05, 0.1) is 12.6 Å². The van der Waals surface area contributed by atoms with Crippen LogP contribution in [-0.4, -0.2) is 11.2 Å². The summed E-state index contributed by atoms with van der Waals surface area (Å²) in [7, 11) is 0. The summed E-state index contributed by atoms with van der Waals surface area (Å²) < 4.78 is 34.9. The number of hydrogen-bond acceptors (Lipinski definition) is 2. The molecular weight excluding hydrogens is 360 g/mol. The van der Waals surface area contributed by atoms with Crippen LogP contribution in [0.1, 0.15) is 36.1 Å². The molecule has 0 spiro atoms. The summed E-state index contributed by atoms with van der Waals surface area (Å²) >= 11 is 0. The predicted molar refractivity (Wildman–Crippen MR) is 103 cm³/mol. The molecular formula is C23H21F2NO2. The lowest BCUT2D eigenvalue weighted by Gasteiger charge is -2.30. The lowest BCUT2D eigenvalue weighted by molar-refractivity contribution is 0.0182. The van der Waals surface area contributed by atoms with E-state index in [0.29, 0.717) is 12.5 Å². The highest BCUT2D eigenvalue weighted by Crippen LogP contribution is 2.38. The van der Waals surface area contributed by atoms with E-state index in [0.717, 1.165) is 24.0 Å². The number of pyridine rings is 1. The molecule has 1 aromatic heterocycles. The van der Waals surface area contributed by atoms with E-state index in [1.807, 2.05) is 0 Å². The largest absolute Gasteiger partial charge is 0.371 e. The van der Waals surface area contributed by atoms with E-state index in [4.69, 9.17) is 4.74 Å². The average molecular weight is 381 g/mol. The topological polar surface area (TPSA) is 31.2 Å². The minimum Gasteiger partial charge on any atom is -0.371 e. The molecule has 1 fully saturated rings. The van der Waals surface area contributed by atoms with Crippen LogP contribution in [0.15, 0.2) is 77.7 Å². The first-order chi connectivity index (χ1) is 13.6. The summed E-state index contributed by atoms with van der Waals surface area (Å²) in [4.78, 5) is 12.6. The Hall–Kier alpha value is -2.79. The van der Waals surface area contributed by atoms with Crippen LogP contribution >= 0.6 is 0 Å². The molecule has 4 rings (SSSR count). The van der Waals surface area contributed by atoms with Gasteiger partial charge in [0, 0.05) is 12.3 Å². The Morgan fingerprint density at radius 2 is 1.50 bits per heavy atom. The zero-order valence-corrected chi connectivity index (χ0v) is 15.3. The molecule has 5 heteroatoms. The van der Waals surface area contributed by atoms with E-state index in [1.165, 1.54) is 30.3 Å². The molecule has 0 aliphatic heterocycles. The van der Waals surface area contributed by atoms with Gasteiger partial charge in [0.1, 0.15) is 17.7 Å². The van der Waals surface area contributed by atoms with Crippen molar-refractivity contribution >= 4 is 0 Å². The zero-order chi connectivity index (χ0) is 19.5. The Labute approximate surface area is 162 Å². The molecule has 3 aromatic rings. The minimum absolute atomic E-state index is 0.182. The molecule has 2 aromatic carbocycles. The van der Waals surface area contributed by atoms with Crippen LogP contribution in [-0.2, 0) is 4.74 Å². The van der Waals surface area contributed by atoms with E-state index in [-0.39, 0.29) is 17.2 Å². The number of ether oxygens (including phenoxy) is 1. The van der Waals surface area contributed by atoms with Gasteiger partial charge in [-0.05, 0) is 60.2 Å². The van der Waals surface area contributed by atoms with Gasteiger partial charge in [-0.2, -0.15) is 0 Å².